The van der Waals surface area contributed by atoms with E-state index in [9.17, 15) is 5.11 Å². The summed E-state index contributed by atoms with van der Waals surface area (Å²) in [4.78, 5) is 11.5. The molecule has 74 valence electrons. The van der Waals surface area contributed by atoms with Gasteiger partial charge in [0, 0.05) is 0 Å². The predicted octanol–water partition coefficient (Wildman–Crippen LogP) is 1.58. The van der Waals surface area contributed by atoms with Crippen LogP contribution in [0.3, 0.4) is 0 Å². The second-order valence-electron chi connectivity index (χ2n) is 3.14. The number of aliphatic hydroxyl groups is 1. The number of hydrogen-bond acceptors (Lipinski definition) is 3. The van der Waals surface area contributed by atoms with Gasteiger partial charge >= 0.3 is 0 Å². The van der Waals surface area contributed by atoms with Crippen LogP contribution in [0, 0.1) is 6.57 Å². The third-order valence-corrected chi connectivity index (χ3v) is 2.07. The maximum Gasteiger partial charge on any atom is 0.245 e. The van der Waals surface area contributed by atoms with Crippen LogP contribution >= 0.6 is 0 Å². The summed E-state index contributed by atoms with van der Waals surface area (Å²) in [5.41, 5.74) is 1.97. The van der Waals surface area contributed by atoms with Gasteiger partial charge in [0.05, 0.1) is 22.9 Å². The molecule has 1 atom stereocenters. The minimum absolute atomic E-state index is 0.0209. The molecule has 0 saturated heterocycles. The molecule has 1 unspecified atom stereocenters. The lowest BCUT2D eigenvalue weighted by molar-refractivity contribution is 0.190. The van der Waals surface area contributed by atoms with Crippen molar-refractivity contribution in [2.75, 3.05) is 6.54 Å². The van der Waals surface area contributed by atoms with Crippen molar-refractivity contribution in [2.24, 2.45) is 0 Å². The third kappa shape index (κ3) is 1.92. The molecule has 4 nitrogen and oxygen atoms in total. The zero-order chi connectivity index (χ0) is 10.7. The largest absolute Gasteiger partial charge is 0.379 e. The number of hydrogen-bond donors (Lipinski definition) is 1. The van der Waals surface area contributed by atoms with Gasteiger partial charge in [-0.2, -0.15) is 0 Å². The van der Waals surface area contributed by atoms with E-state index in [-0.39, 0.29) is 6.54 Å². The van der Waals surface area contributed by atoms with Crippen LogP contribution in [-0.4, -0.2) is 21.6 Å². The van der Waals surface area contributed by atoms with Crippen molar-refractivity contribution in [1.82, 2.24) is 9.97 Å². The van der Waals surface area contributed by atoms with Gasteiger partial charge in [0.25, 0.3) is 0 Å². The second-order valence-corrected chi connectivity index (χ2v) is 3.14. The van der Waals surface area contributed by atoms with Crippen LogP contribution in [0.2, 0.25) is 0 Å². The van der Waals surface area contributed by atoms with Crippen molar-refractivity contribution in [2.45, 2.75) is 6.10 Å². The number of benzene rings is 1. The summed E-state index contributed by atoms with van der Waals surface area (Å²) in [6, 6.07) is 7.43. The predicted molar refractivity (Wildman–Crippen MR) is 56.0 cm³/mol. The van der Waals surface area contributed by atoms with Gasteiger partial charge in [-0.15, -0.1) is 0 Å². The first-order chi connectivity index (χ1) is 7.31. The van der Waals surface area contributed by atoms with Crippen molar-refractivity contribution < 1.29 is 5.11 Å². The summed E-state index contributed by atoms with van der Waals surface area (Å²) >= 11 is 0. The molecule has 2 aromatic rings. The minimum Gasteiger partial charge on any atom is -0.379 e. The van der Waals surface area contributed by atoms with Crippen LogP contribution < -0.4 is 0 Å². The summed E-state index contributed by atoms with van der Waals surface area (Å²) in [5.74, 6) is 0. The molecule has 0 saturated carbocycles. The van der Waals surface area contributed by atoms with E-state index in [2.05, 4.69) is 14.8 Å². The number of aliphatic hydroxyl groups excluding tert-OH is 1. The molecule has 0 bridgehead atoms. The van der Waals surface area contributed by atoms with E-state index in [4.69, 9.17) is 6.57 Å². The van der Waals surface area contributed by atoms with Gasteiger partial charge in [-0.3, -0.25) is 4.98 Å². The Morgan fingerprint density at radius 1 is 1.33 bits per heavy atom. The Balaban J connectivity index is 2.43. The normalized spacial score (nSPS) is 12.3. The molecule has 0 aliphatic carbocycles. The standard InChI is InChI=1S/C11H9N3O/c1-12-7-11(15)10-6-13-8-4-2-3-5-9(8)14-10/h2-6,11,15H,7H2. The van der Waals surface area contributed by atoms with E-state index < -0.39 is 6.10 Å². The van der Waals surface area contributed by atoms with Crippen molar-refractivity contribution in [3.63, 3.8) is 0 Å². The molecule has 0 radical (unpaired) electrons. The van der Waals surface area contributed by atoms with Gasteiger partial charge in [-0.1, -0.05) is 12.1 Å². The average Bonchev–Trinajstić information content (AvgIpc) is 2.29. The van der Waals surface area contributed by atoms with E-state index in [0.29, 0.717) is 5.69 Å². The van der Waals surface area contributed by atoms with E-state index in [1.165, 1.54) is 6.20 Å². The summed E-state index contributed by atoms with van der Waals surface area (Å²) in [7, 11) is 0. The van der Waals surface area contributed by atoms with E-state index in [1.807, 2.05) is 24.3 Å². The summed E-state index contributed by atoms with van der Waals surface area (Å²) in [6.45, 7) is 6.68. The van der Waals surface area contributed by atoms with Crippen molar-refractivity contribution in [1.29, 1.82) is 0 Å². The monoisotopic (exact) mass is 199 g/mol. The number of rotatable bonds is 2. The molecule has 0 aliphatic rings. The lowest BCUT2D eigenvalue weighted by Gasteiger charge is -2.03. The fraction of sp³-hybridized carbons (Fsp3) is 0.182. The molecule has 0 spiro atoms. The van der Waals surface area contributed by atoms with Gasteiger partial charge in [0.15, 0.2) is 6.10 Å². The molecule has 1 N–H and O–H groups in total. The van der Waals surface area contributed by atoms with Gasteiger partial charge in [-0.25, -0.2) is 11.6 Å². The summed E-state index contributed by atoms with van der Waals surface area (Å²) in [6.07, 6.45) is 0.664. The Morgan fingerprint density at radius 3 is 2.80 bits per heavy atom. The first kappa shape index (κ1) is 9.56. The molecule has 1 heterocycles. The topological polar surface area (TPSA) is 50.4 Å². The molecule has 0 amide bonds. The molecular formula is C11H9N3O. The molecule has 0 aliphatic heterocycles. The molecule has 1 aromatic heterocycles. The van der Waals surface area contributed by atoms with Crippen LogP contribution in [0.25, 0.3) is 15.9 Å². The Labute approximate surface area is 87.0 Å². The maximum absolute atomic E-state index is 9.56. The summed E-state index contributed by atoms with van der Waals surface area (Å²) < 4.78 is 0. The first-order valence-corrected chi connectivity index (χ1v) is 4.54. The van der Waals surface area contributed by atoms with Crippen molar-refractivity contribution in [3.8, 4) is 0 Å². The highest BCUT2D eigenvalue weighted by Crippen LogP contribution is 2.14. The van der Waals surface area contributed by atoms with Crippen LogP contribution in [-0.2, 0) is 0 Å². The number of fused-ring (bicyclic) bond motifs is 1. The summed E-state index contributed by atoms with van der Waals surface area (Å²) in [5, 5.41) is 9.56. The minimum atomic E-state index is -0.848. The van der Waals surface area contributed by atoms with Crippen LogP contribution in [0.4, 0.5) is 0 Å². The van der Waals surface area contributed by atoms with E-state index in [0.717, 1.165) is 11.0 Å². The Bertz CT molecular complexity index is 518. The fourth-order valence-electron chi connectivity index (χ4n) is 1.31. The SMILES string of the molecule is [C-]#[N+]CC(O)c1cnc2ccccc2n1. The van der Waals surface area contributed by atoms with Gasteiger partial charge in [-0.05, 0) is 12.1 Å². The number of nitrogens with zero attached hydrogens (tertiary/aromatic N) is 3. The molecule has 2 rings (SSSR count). The lowest BCUT2D eigenvalue weighted by Crippen LogP contribution is -2.03. The zero-order valence-electron chi connectivity index (χ0n) is 7.96. The van der Waals surface area contributed by atoms with E-state index >= 15 is 0 Å². The van der Waals surface area contributed by atoms with Gasteiger partial charge < -0.3 is 9.95 Å². The van der Waals surface area contributed by atoms with Crippen LogP contribution in [0.15, 0.2) is 30.5 Å². The quantitative estimate of drug-likeness (QED) is 0.747. The fourth-order valence-corrected chi connectivity index (χ4v) is 1.31. The van der Waals surface area contributed by atoms with Gasteiger partial charge in [0.2, 0.25) is 6.54 Å². The highest BCUT2D eigenvalue weighted by Gasteiger charge is 2.12. The lowest BCUT2D eigenvalue weighted by atomic mass is 10.2. The Morgan fingerprint density at radius 2 is 2.07 bits per heavy atom. The number of para-hydroxylation sites is 2. The molecule has 1 aromatic carbocycles. The van der Waals surface area contributed by atoms with Crippen LogP contribution in [0.1, 0.15) is 11.8 Å². The van der Waals surface area contributed by atoms with Gasteiger partial charge in [0.1, 0.15) is 0 Å². The maximum atomic E-state index is 9.56. The van der Waals surface area contributed by atoms with Crippen molar-refractivity contribution >= 4 is 11.0 Å². The average molecular weight is 199 g/mol. The second kappa shape index (κ2) is 4.03. The Kier molecular flexibility index (Phi) is 2.57. The highest BCUT2D eigenvalue weighted by molar-refractivity contribution is 5.73. The molecule has 15 heavy (non-hydrogen) atoms. The van der Waals surface area contributed by atoms with Crippen molar-refractivity contribution in [3.05, 3.63) is 47.6 Å². The smallest absolute Gasteiger partial charge is 0.245 e. The van der Waals surface area contributed by atoms with E-state index in [1.54, 1.807) is 0 Å². The molecular weight excluding hydrogens is 190 g/mol. The molecule has 4 heteroatoms. The third-order valence-electron chi connectivity index (χ3n) is 2.07. The number of aromatic nitrogens is 2. The van der Waals surface area contributed by atoms with Crippen LogP contribution in [0.5, 0.6) is 0 Å². The Hall–Kier alpha value is -1.99. The first-order valence-electron chi connectivity index (χ1n) is 4.54. The highest BCUT2D eigenvalue weighted by atomic mass is 16.3. The zero-order valence-corrected chi connectivity index (χ0v) is 7.96. The molecule has 0 fully saturated rings.